The van der Waals surface area contributed by atoms with Gasteiger partial charge in [-0.25, -0.2) is 0 Å². The number of hydrogen-bond acceptors (Lipinski definition) is 0. The Hall–Kier alpha value is 1.00. The fourth-order valence-corrected chi connectivity index (χ4v) is 2.34. The van der Waals surface area contributed by atoms with E-state index in [0.717, 1.165) is 5.92 Å². The maximum Gasteiger partial charge on any atom is 1.00 e. The third-order valence-electron chi connectivity index (χ3n) is 3.60. The van der Waals surface area contributed by atoms with Crippen molar-refractivity contribution in [2.45, 2.75) is 97.8 Å². The fraction of sp³-hybridized carbons (Fsp3) is 1.00. The minimum Gasteiger partial charge on any atom is -1.00 e. The molecule has 0 bridgehead atoms. The summed E-state index contributed by atoms with van der Waals surface area (Å²) in [6, 6.07) is 0. The van der Waals surface area contributed by atoms with Crippen LogP contribution in [0.3, 0.4) is 0 Å². The molecule has 0 fully saturated rings. The second-order valence-corrected chi connectivity index (χ2v) is 5.51. The molecule has 0 saturated carbocycles. The van der Waals surface area contributed by atoms with E-state index in [1.807, 2.05) is 0 Å². The van der Waals surface area contributed by atoms with Crippen molar-refractivity contribution in [2.75, 3.05) is 0 Å². The van der Waals surface area contributed by atoms with Crippen LogP contribution in [0.25, 0.3) is 0 Å². The van der Waals surface area contributed by atoms with Crippen molar-refractivity contribution in [2.24, 2.45) is 5.92 Å². The molecule has 0 aliphatic heterocycles. The molecule has 0 radical (unpaired) electrons. The summed E-state index contributed by atoms with van der Waals surface area (Å²) >= 11 is 0. The minimum absolute atomic E-state index is 0. The second kappa shape index (κ2) is 17.0. The number of hydrogen-bond donors (Lipinski definition) is 0. The van der Waals surface area contributed by atoms with Crippen LogP contribution in [0.1, 0.15) is 99.2 Å². The van der Waals surface area contributed by atoms with Gasteiger partial charge in [0.1, 0.15) is 0 Å². The summed E-state index contributed by atoms with van der Waals surface area (Å²) in [7, 11) is 0. The van der Waals surface area contributed by atoms with Crippen LogP contribution < -0.4 is 29.6 Å². The van der Waals surface area contributed by atoms with Crippen LogP contribution in [0.5, 0.6) is 0 Å². The molecule has 0 heterocycles. The molecule has 1 unspecified atom stereocenters. The van der Waals surface area contributed by atoms with Crippen molar-refractivity contribution in [3.8, 4) is 0 Å². The van der Waals surface area contributed by atoms with Gasteiger partial charge in [0.15, 0.2) is 0 Å². The maximum atomic E-state index is 2.44. The summed E-state index contributed by atoms with van der Waals surface area (Å²) in [5.74, 6) is 0.975. The van der Waals surface area contributed by atoms with Crippen molar-refractivity contribution in [3.63, 3.8) is 0 Å². The van der Waals surface area contributed by atoms with Gasteiger partial charge in [0, 0.05) is 0 Å². The third-order valence-corrected chi connectivity index (χ3v) is 3.60. The first-order valence-electron chi connectivity index (χ1n) is 7.81. The predicted molar refractivity (Wildman–Crippen MR) is 77.0 cm³/mol. The van der Waals surface area contributed by atoms with E-state index >= 15 is 0 Å². The van der Waals surface area contributed by atoms with E-state index in [1.165, 1.54) is 77.0 Å². The molecule has 0 aliphatic rings. The van der Waals surface area contributed by atoms with Crippen LogP contribution in [-0.4, -0.2) is 0 Å². The van der Waals surface area contributed by atoms with E-state index in [1.54, 1.807) is 0 Å². The summed E-state index contributed by atoms with van der Waals surface area (Å²) < 4.78 is 0. The van der Waals surface area contributed by atoms with Gasteiger partial charge in [-0.1, -0.05) is 97.8 Å². The van der Waals surface area contributed by atoms with E-state index in [-0.39, 0.29) is 31.0 Å². The minimum atomic E-state index is 0. The molecule has 100 valence electrons. The summed E-state index contributed by atoms with van der Waals surface area (Å²) in [6.45, 7) is 7.02. The summed E-state index contributed by atoms with van der Waals surface area (Å²) in [5.41, 5.74) is 0. The molecule has 17 heavy (non-hydrogen) atoms. The summed E-state index contributed by atoms with van der Waals surface area (Å²) in [6.07, 6.45) is 17.3. The van der Waals surface area contributed by atoms with Gasteiger partial charge < -0.3 is 1.43 Å². The van der Waals surface area contributed by atoms with E-state index in [9.17, 15) is 0 Å². The standard InChI is InChI=1S/C16H34.Na.H/c1-4-6-8-10-11-13-15-16(3)14-12-9-7-5-2;;/h16H,4-15H2,1-3H3;;/q;+1;-1. The molecule has 0 aromatic heterocycles. The van der Waals surface area contributed by atoms with Crippen LogP contribution >= 0.6 is 0 Å². The monoisotopic (exact) mass is 250 g/mol. The first-order valence-corrected chi connectivity index (χ1v) is 7.81. The van der Waals surface area contributed by atoms with E-state index in [0.29, 0.717) is 0 Å². The predicted octanol–water partition coefficient (Wildman–Crippen LogP) is 3.46. The van der Waals surface area contributed by atoms with Crippen molar-refractivity contribution in [1.29, 1.82) is 0 Å². The number of unbranched alkanes of at least 4 members (excludes halogenated alkanes) is 8. The molecule has 0 amide bonds. The Morgan fingerprint density at radius 2 is 1.00 bits per heavy atom. The maximum absolute atomic E-state index is 2.44. The van der Waals surface area contributed by atoms with Crippen molar-refractivity contribution < 1.29 is 31.0 Å². The molecule has 1 heteroatoms. The third kappa shape index (κ3) is 17.0. The van der Waals surface area contributed by atoms with Crippen LogP contribution in [0.2, 0.25) is 0 Å². The SMILES string of the molecule is CCCCCCCCC(C)CCCCCC.[H-].[Na+]. The summed E-state index contributed by atoms with van der Waals surface area (Å²) in [5, 5.41) is 0. The Kier molecular flexibility index (Phi) is 20.3. The topological polar surface area (TPSA) is 0 Å². The summed E-state index contributed by atoms with van der Waals surface area (Å²) in [4.78, 5) is 0. The van der Waals surface area contributed by atoms with E-state index < -0.39 is 0 Å². The molecule has 1 atom stereocenters. The van der Waals surface area contributed by atoms with Crippen LogP contribution in [-0.2, 0) is 0 Å². The van der Waals surface area contributed by atoms with Crippen LogP contribution in [0, 0.1) is 5.92 Å². The molecule has 0 nitrogen and oxygen atoms in total. The number of rotatable bonds is 12. The van der Waals surface area contributed by atoms with E-state index in [2.05, 4.69) is 20.8 Å². The van der Waals surface area contributed by atoms with Gasteiger partial charge in [0.05, 0.1) is 0 Å². The zero-order valence-electron chi connectivity index (χ0n) is 14.1. The molecular formula is C16H35Na. The quantitative estimate of drug-likeness (QED) is 0.367. The molecule has 0 aromatic carbocycles. The molecule has 0 aromatic rings. The van der Waals surface area contributed by atoms with Gasteiger partial charge in [0.25, 0.3) is 0 Å². The zero-order chi connectivity index (χ0) is 12.1. The molecule has 0 spiro atoms. The van der Waals surface area contributed by atoms with Crippen LogP contribution in [0.4, 0.5) is 0 Å². The fourth-order valence-electron chi connectivity index (χ4n) is 2.34. The Bertz CT molecular complexity index is 128. The Morgan fingerprint density at radius 1 is 0.647 bits per heavy atom. The zero-order valence-corrected chi connectivity index (χ0v) is 15.1. The first-order chi connectivity index (χ1) is 7.81. The van der Waals surface area contributed by atoms with Gasteiger partial charge in [-0.05, 0) is 5.92 Å². The largest absolute Gasteiger partial charge is 1.00 e. The molecule has 0 saturated heterocycles. The van der Waals surface area contributed by atoms with Gasteiger partial charge in [0.2, 0.25) is 0 Å². The molecule has 0 rings (SSSR count). The second-order valence-electron chi connectivity index (χ2n) is 5.51. The average molecular weight is 250 g/mol. The Labute approximate surface area is 134 Å². The molecule has 0 aliphatic carbocycles. The normalized spacial score (nSPS) is 12.2. The average Bonchev–Trinajstić information content (AvgIpc) is 2.29. The van der Waals surface area contributed by atoms with Crippen molar-refractivity contribution in [3.05, 3.63) is 0 Å². The van der Waals surface area contributed by atoms with Gasteiger partial charge in [-0.15, -0.1) is 0 Å². The van der Waals surface area contributed by atoms with Gasteiger partial charge in [-0.3, -0.25) is 0 Å². The van der Waals surface area contributed by atoms with Crippen molar-refractivity contribution >= 4 is 0 Å². The molecular weight excluding hydrogens is 215 g/mol. The van der Waals surface area contributed by atoms with Gasteiger partial charge >= 0.3 is 29.6 Å². The van der Waals surface area contributed by atoms with E-state index in [4.69, 9.17) is 0 Å². The van der Waals surface area contributed by atoms with Gasteiger partial charge in [-0.2, -0.15) is 0 Å². The van der Waals surface area contributed by atoms with Crippen LogP contribution in [0.15, 0.2) is 0 Å². The van der Waals surface area contributed by atoms with Crippen molar-refractivity contribution in [1.82, 2.24) is 0 Å². The first kappa shape index (κ1) is 20.3. The molecule has 0 N–H and O–H groups in total. The Morgan fingerprint density at radius 3 is 1.47 bits per heavy atom. The smallest absolute Gasteiger partial charge is 1.00 e. The Balaban J connectivity index is -0.00000112.